The van der Waals surface area contributed by atoms with Gasteiger partial charge in [0.15, 0.2) is 17.5 Å². The second kappa shape index (κ2) is 12.8. The maximum Gasteiger partial charge on any atom is 0.167 e. The van der Waals surface area contributed by atoms with E-state index in [0.717, 1.165) is 55.3 Å². The van der Waals surface area contributed by atoms with Gasteiger partial charge in [-0.3, -0.25) is 0 Å². The maximum absolute atomic E-state index is 6.75. The Morgan fingerprint density at radius 1 is 0.418 bits per heavy atom. The third-order valence-corrected chi connectivity index (χ3v) is 11.7. The lowest BCUT2D eigenvalue weighted by Gasteiger charge is -2.20. The minimum atomic E-state index is 0.583. The van der Waals surface area contributed by atoms with Crippen molar-refractivity contribution in [2.75, 3.05) is 0 Å². The van der Waals surface area contributed by atoms with Gasteiger partial charge < -0.3 is 8.98 Å². The molecule has 0 saturated heterocycles. The van der Waals surface area contributed by atoms with Crippen molar-refractivity contribution in [1.29, 1.82) is 0 Å². The van der Waals surface area contributed by atoms with Crippen molar-refractivity contribution in [3.63, 3.8) is 0 Å². The van der Waals surface area contributed by atoms with Gasteiger partial charge in [-0.25, -0.2) is 15.0 Å². The number of fused-ring (bicyclic) bond motifs is 6. The van der Waals surface area contributed by atoms with Gasteiger partial charge in [0.1, 0.15) is 50.4 Å². The van der Waals surface area contributed by atoms with E-state index in [1.54, 1.807) is 0 Å². The molecule has 10 rings (SSSR count). The monoisotopic (exact) mass is 700 g/mol. The standard InChI is InChI=1S/C45H33B5N4O/c46-37-36(38(47)40(49)41(50)39(37)48)45-52-43(25-12-5-2-6-13-25)51-44(53-45)31-16-9-15-30-32-23-27(19-21-35(32)55-42(30)31)54-33-17-8-7-14-28(33)29-20-18-26(22-34(29)54)24-10-3-1-4-11-24/h1-23H,46-50H2. The van der Waals surface area contributed by atoms with Crippen molar-refractivity contribution in [3.8, 4) is 51.0 Å². The molecule has 0 fully saturated rings. The van der Waals surface area contributed by atoms with Crippen molar-refractivity contribution < 1.29 is 4.42 Å². The minimum Gasteiger partial charge on any atom is -0.455 e. The van der Waals surface area contributed by atoms with Crippen molar-refractivity contribution in [2.45, 2.75) is 0 Å². The predicted octanol–water partition coefficient (Wildman–Crippen LogP) is 2.83. The van der Waals surface area contributed by atoms with Gasteiger partial charge in [0.25, 0.3) is 0 Å². The van der Waals surface area contributed by atoms with Crippen LogP contribution in [0.25, 0.3) is 94.7 Å². The van der Waals surface area contributed by atoms with Crippen LogP contribution in [0.4, 0.5) is 0 Å². The summed E-state index contributed by atoms with van der Waals surface area (Å²) in [5.41, 5.74) is 16.4. The van der Waals surface area contributed by atoms with Crippen LogP contribution in [0.2, 0.25) is 0 Å². The molecule has 0 aliphatic rings. The molecule has 10 aromatic rings. The van der Waals surface area contributed by atoms with E-state index < -0.39 is 0 Å². The van der Waals surface area contributed by atoms with E-state index in [2.05, 4.69) is 165 Å². The van der Waals surface area contributed by atoms with Crippen LogP contribution in [0.3, 0.4) is 0 Å². The molecule has 55 heavy (non-hydrogen) atoms. The predicted molar refractivity (Wildman–Crippen MR) is 244 cm³/mol. The average Bonchev–Trinajstić information content (AvgIpc) is 3.78. The van der Waals surface area contributed by atoms with E-state index in [4.69, 9.17) is 19.4 Å². The van der Waals surface area contributed by atoms with E-state index in [0.29, 0.717) is 17.5 Å². The SMILES string of the molecule is Bc1c(B)c(B)c(-c2nc(-c3ccccc3)nc(-c3cccc4c3oc3ccc(-n5c6ccccc6c6ccc(-c7ccccc7)cc65)cc34)n2)c(B)c1B. The van der Waals surface area contributed by atoms with Gasteiger partial charge in [-0.2, -0.15) is 0 Å². The number of benzene rings is 7. The smallest absolute Gasteiger partial charge is 0.167 e. The summed E-state index contributed by atoms with van der Waals surface area (Å²) in [6, 6.07) is 48.9. The summed E-state index contributed by atoms with van der Waals surface area (Å²) in [5.74, 6) is 1.88. The Bertz CT molecular complexity index is 3130. The fourth-order valence-corrected chi connectivity index (χ4v) is 8.32. The maximum atomic E-state index is 6.75. The Balaban J connectivity index is 1.18. The third kappa shape index (κ3) is 5.27. The Morgan fingerprint density at radius 2 is 1.04 bits per heavy atom. The van der Waals surface area contributed by atoms with Crippen molar-refractivity contribution in [2.24, 2.45) is 0 Å². The molecule has 0 atom stereocenters. The second-order valence-electron chi connectivity index (χ2n) is 14.6. The van der Waals surface area contributed by atoms with Gasteiger partial charge in [0.2, 0.25) is 0 Å². The first-order valence-corrected chi connectivity index (χ1v) is 18.8. The molecule has 0 aliphatic heterocycles. The fraction of sp³-hybridized carbons (Fsp3) is 0. The average molecular weight is 700 g/mol. The van der Waals surface area contributed by atoms with E-state index in [1.807, 2.05) is 18.2 Å². The molecule has 0 saturated carbocycles. The van der Waals surface area contributed by atoms with Crippen LogP contribution in [0, 0.1) is 0 Å². The number of para-hydroxylation sites is 2. The lowest BCUT2D eigenvalue weighted by atomic mass is 9.60. The zero-order valence-electron chi connectivity index (χ0n) is 31.5. The topological polar surface area (TPSA) is 56.7 Å². The molecule has 7 aromatic carbocycles. The van der Waals surface area contributed by atoms with Crippen molar-refractivity contribution >= 4 is 110 Å². The quantitative estimate of drug-likeness (QED) is 0.260. The van der Waals surface area contributed by atoms with E-state index in [9.17, 15) is 0 Å². The normalized spacial score (nSPS) is 11.6. The molecule has 0 amide bonds. The van der Waals surface area contributed by atoms with E-state index in [-0.39, 0.29) is 0 Å². The molecule has 0 bridgehead atoms. The Kier molecular flexibility index (Phi) is 7.70. The van der Waals surface area contributed by atoms with Gasteiger partial charge in [-0.15, -0.1) is 16.4 Å². The molecule has 3 heterocycles. The Morgan fingerprint density at radius 3 is 1.80 bits per heavy atom. The van der Waals surface area contributed by atoms with Crippen LogP contribution in [0.5, 0.6) is 0 Å². The van der Waals surface area contributed by atoms with Gasteiger partial charge in [0.05, 0.1) is 16.6 Å². The zero-order valence-corrected chi connectivity index (χ0v) is 31.5. The fourth-order valence-electron chi connectivity index (χ4n) is 8.32. The van der Waals surface area contributed by atoms with Crippen LogP contribution >= 0.6 is 0 Å². The Hall–Kier alpha value is -6.53. The highest BCUT2D eigenvalue weighted by molar-refractivity contribution is 6.68. The highest BCUT2D eigenvalue weighted by Gasteiger charge is 2.22. The van der Waals surface area contributed by atoms with Gasteiger partial charge in [-0.1, -0.05) is 114 Å². The summed E-state index contributed by atoms with van der Waals surface area (Å²) in [5, 5.41) is 4.49. The number of rotatable bonds is 5. The van der Waals surface area contributed by atoms with Crippen LogP contribution in [-0.4, -0.2) is 58.8 Å². The molecule has 0 N–H and O–H groups in total. The van der Waals surface area contributed by atoms with Crippen molar-refractivity contribution in [3.05, 3.63) is 140 Å². The molecular weight excluding hydrogens is 667 g/mol. The minimum absolute atomic E-state index is 0.583. The zero-order chi connectivity index (χ0) is 37.4. The number of aromatic nitrogens is 4. The molecule has 0 radical (unpaired) electrons. The summed E-state index contributed by atoms with van der Waals surface area (Å²) in [6.45, 7) is 0. The largest absolute Gasteiger partial charge is 0.455 e. The molecule has 254 valence electrons. The van der Waals surface area contributed by atoms with Crippen LogP contribution < -0.4 is 27.3 Å². The third-order valence-electron chi connectivity index (χ3n) is 11.7. The molecule has 0 aliphatic carbocycles. The number of nitrogens with zero attached hydrogens (tertiary/aromatic N) is 4. The van der Waals surface area contributed by atoms with Gasteiger partial charge in [0, 0.05) is 38.4 Å². The lowest BCUT2D eigenvalue weighted by Crippen LogP contribution is -2.55. The van der Waals surface area contributed by atoms with E-state index in [1.165, 1.54) is 49.2 Å². The Labute approximate surface area is 323 Å². The summed E-state index contributed by atoms with van der Waals surface area (Å²) in [7, 11) is 10.9. The summed E-state index contributed by atoms with van der Waals surface area (Å²) >= 11 is 0. The molecule has 0 spiro atoms. The van der Waals surface area contributed by atoms with Crippen molar-refractivity contribution in [1.82, 2.24) is 19.5 Å². The molecule has 10 heteroatoms. The van der Waals surface area contributed by atoms with Crippen LogP contribution in [-0.2, 0) is 0 Å². The summed E-state index contributed by atoms with van der Waals surface area (Å²) < 4.78 is 9.12. The lowest BCUT2D eigenvalue weighted by molar-refractivity contribution is 0.669. The first-order valence-electron chi connectivity index (χ1n) is 18.8. The van der Waals surface area contributed by atoms with E-state index >= 15 is 0 Å². The first-order chi connectivity index (χ1) is 26.9. The molecular formula is C45H33B5N4O. The molecule has 5 nitrogen and oxygen atoms in total. The first kappa shape index (κ1) is 33.1. The number of hydrogen-bond donors (Lipinski definition) is 0. The number of hydrogen-bond acceptors (Lipinski definition) is 4. The molecule has 3 aromatic heterocycles. The van der Waals surface area contributed by atoms with Crippen LogP contribution in [0.1, 0.15) is 0 Å². The molecule has 0 unspecified atom stereocenters. The summed E-state index contributed by atoms with van der Waals surface area (Å²) in [4.78, 5) is 15.5. The summed E-state index contributed by atoms with van der Waals surface area (Å²) in [6.07, 6.45) is 0. The van der Waals surface area contributed by atoms with Gasteiger partial charge in [-0.05, 0) is 47.5 Å². The highest BCUT2D eigenvalue weighted by atomic mass is 16.3. The highest BCUT2D eigenvalue weighted by Crippen LogP contribution is 2.39. The second-order valence-corrected chi connectivity index (χ2v) is 14.6. The van der Waals surface area contributed by atoms with Gasteiger partial charge >= 0.3 is 0 Å². The number of furan rings is 1. The van der Waals surface area contributed by atoms with Crippen LogP contribution in [0.15, 0.2) is 144 Å².